The second kappa shape index (κ2) is 12.4. The number of phenols is 3. The van der Waals surface area contributed by atoms with Gasteiger partial charge in [-0.05, 0) is 96.6 Å². The Morgan fingerprint density at radius 1 is 0.854 bits per heavy atom. The normalized spacial score (nSPS) is 16.9. The van der Waals surface area contributed by atoms with Crippen LogP contribution in [0.4, 0.5) is 22.7 Å². The van der Waals surface area contributed by atoms with Crippen LogP contribution in [-0.2, 0) is 14.9 Å². The summed E-state index contributed by atoms with van der Waals surface area (Å²) in [7, 11) is -4.37. The van der Waals surface area contributed by atoms with Crippen molar-refractivity contribution in [1.29, 1.82) is 0 Å². The Balaban J connectivity index is 1.20. The van der Waals surface area contributed by atoms with Crippen LogP contribution in [0.5, 0.6) is 17.2 Å². The van der Waals surface area contributed by atoms with E-state index in [1.165, 1.54) is 41.4 Å². The zero-order valence-electron chi connectivity index (χ0n) is 25.7. The molecule has 2 atom stereocenters. The molecule has 0 saturated carbocycles. The number of aromatic hydroxyl groups is 3. The Labute approximate surface area is 275 Å². The zero-order valence-corrected chi connectivity index (χ0v) is 26.5. The predicted octanol–water partition coefficient (Wildman–Crippen LogP) is 6.75. The molecule has 0 bridgehead atoms. The van der Waals surface area contributed by atoms with Gasteiger partial charge in [0.1, 0.15) is 22.9 Å². The number of amides is 1. The molecular weight excluding hydrogens is 634 g/mol. The SMILES string of the molecule is Cc1ccc(N)c2c(O)c(/N=N/c3ccc(-c4ccc(O)c(/C=C/C5C(=O)N(c6ccc(S(=O)(=O)O)cc6)NC5C)c4)cc3O)ccc12. The summed E-state index contributed by atoms with van der Waals surface area (Å²) in [4.78, 5) is 12.9. The van der Waals surface area contributed by atoms with E-state index in [9.17, 15) is 33.1 Å². The summed E-state index contributed by atoms with van der Waals surface area (Å²) in [6.45, 7) is 3.73. The number of nitrogens with one attached hydrogen (secondary N) is 1. The smallest absolute Gasteiger partial charge is 0.294 e. The predicted molar refractivity (Wildman–Crippen MR) is 183 cm³/mol. The van der Waals surface area contributed by atoms with E-state index in [4.69, 9.17) is 5.73 Å². The van der Waals surface area contributed by atoms with Crippen LogP contribution in [-0.4, -0.2) is 40.2 Å². The second-order valence-electron chi connectivity index (χ2n) is 11.4. The van der Waals surface area contributed by atoms with Gasteiger partial charge in [-0.2, -0.15) is 8.42 Å². The first-order chi connectivity index (χ1) is 22.8. The van der Waals surface area contributed by atoms with E-state index in [1.807, 2.05) is 19.9 Å². The summed E-state index contributed by atoms with van der Waals surface area (Å²) < 4.78 is 31.9. The van der Waals surface area contributed by atoms with Gasteiger partial charge >= 0.3 is 0 Å². The van der Waals surface area contributed by atoms with Crippen LogP contribution in [0, 0.1) is 12.8 Å². The van der Waals surface area contributed by atoms with Gasteiger partial charge in [0.05, 0.1) is 16.5 Å². The van der Waals surface area contributed by atoms with Crippen molar-refractivity contribution < 1.29 is 33.1 Å². The fraction of sp³-hybridized carbons (Fsp3) is 0.114. The number of phenolic OH excluding ortho intramolecular Hbond substituents is 3. The molecular formula is C35H31N5O7S. The summed E-state index contributed by atoms with van der Waals surface area (Å²) in [5, 5.41) is 43.0. The number of nitrogens with two attached hydrogens (primary N) is 1. The molecule has 5 aromatic rings. The van der Waals surface area contributed by atoms with E-state index in [-0.39, 0.29) is 45.5 Å². The molecule has 1 heterocycles. The maximum atomic E-state index is 13.2. The van der Waals surface area contributed by atoms with E-state index in [2.05, 4.69) is 15.7 Å². The number of hydrogen-bond acceptors (Lipinski definition) is 10. The standard InChI is InChI=1S/C35H31N5O7S/c1-19-3-13-28(36)33-26(19)12-15-30(34(33)43)38-37-29-14-5-22(18-32(29)42)21-6-16-31(41)23(17-21)4-11-27-20(2)39-40(35(27)44)24-7-9-25(10-8-24)48(45,46)47/h3-18,20,27,39,41-43H,36H2,1-2H3,(H,45,46,47)/b11-4+,38-37+. The zero-order chi connectivity index (χ0) is 34.3. The molecule has 1 aliphatic heterocycles. The maximum absolute atomic E-state index is 13.2. The number of anilines is 2. The van der Waals surface area contributed by atoms with Crippen LogP contribution in [0.25, 0.3) is 28.0 Å². The van der Waals surface area contributed by atoms with Crippen LogP contribution >= 0.6 is 0 Å². The van der Waals surface area contributed by atoms with Crippen LogP contribution in [0.15, 0.2) is 106 Å². The van der Waals surface area contributed by atoms with Crippen molar-refractivity contribution in [3.63, 3.8) is 0 Å². The average Bonchev–Trinajstić information content (AvgIpc) is 3.34. The molecule has 12 nitrogen and oxygen atoms in total. The highest BCUT2D eigenvalue weighted by Crippen LogP contribution is 2.41. The Morgan fingerprint density at radius 2 is 1.52 bits per heavy atom. The van der Waals surface area contributed by atoms with Crippen LogP contribution < -0.4 is 16.2 Å². The molecule has 0 spiro atoms. The molecule has 13 heteroatoms. The fourth-order valence-electron chi connectivity index (χ4n) is 5.57. The fourth-order valence-corrected chi connectivity index (χ4v) is 6.05. The number of fused-ring (bicyclic) bond motifs is 1. The van der Waals surface area contributed by atoms with Crippen molar-refractivity contribution in [3.8, 4) is 28.4 Å². The lowest BCUT2D eigenvalue weighted by Crippen LogP contribution is -2.36. The van der Waals surface area contributed by atoms with Crippen molar-refractivity contribution >= 4 is 55.6 Å². The molecule has 6 rings (SSSR count). The Hall–Kier alpha value is -5.76. The average molecular weight is 666 g/mol. The first-order valence-electron chi connectivity index (χ1n) is 14.8. The molecule has 0 aliphatic carbocycles. The van der Waals surface area contributed by atoms with Gasteiger partial charge in [-0.1, -0.05) is 36.4 Å². The van der Waals surface area contributed by atoms with Crippen molar-refractivity contribution in [3.05, 3.63) is 102 Å². The third kappa shape index (κ3) is 6.17. The van der Waals surface area contributed by atoms with Crippen LogP contribution in [0.1, 0.15) is 18.1 Å². The second-order valence-corrected chi connectivity index (χ2v) is 12.9. The third-order valence-electron chi connectivity index (χ3n) is 8.24. The first kappa shape index (κ1) is 32.2. The van der Waals surface area contributed by atoms with Crippen LogP contribution in [0.2, 0.25) is 0 Å². The molecule has 48 heavy (non-hydrogen) atoms. The largest absolute Gasteiger partial charge is 0.507 e. The van der Waals surface area contributed by atoms with Gasteiger partial charge in [0.2, 0.25) is 5.91 Å². The number of benzene rings is 5. The molecule has 0 aromatic heterocycles. The van der Waals surface area contributed by atoms with Crippen LogP contribution in [0.3, 0.4) is 0 Å². The Bertz CT molecular complexity index is 2250. The molecule has 1 aliphatic rings. The summed E-state index contributed by atoms with van der Waals surface area (Å²) in [5.41, 5.74) is 13.0. The Morgan fingerprint density at radius 3 is 2.23 bits per heavy atom. The third-order valence-corrected chi connectivity index (χ3v) is 9.11. The number of rotatable bonds is 7. The topological polar surface area (TPSA) is 198 Å². The molecule has 0 radical (unpaired) electrons. The molecule has 7 N–H and O–H groups in total. The number of carbonyl (C=O) groups excluding carboxylic acids is 1. The van der Waals surface area contributed by atoms with Gasteiger partial charge in [0.15, 0.2) is 5.75 Å². The highest BCUT2D eigenvalue weighted by atomic mass is 32.2. The number of nitrogen functional groups attached to an aromatic ring is 1. The minimum absolute atomic E-state index is 0.0145. The summed E-state index contributed by atoms with van der Waals surface area (Å²) in [5.74, 6) is -1.17. The van der Waals surface area contributed by atoms with Gasteiger partial charge in [0, 0.05) is 22.7 Å². The van der Waals surface area contributed by atoms with Gasteiger partial charge in [0.25, 0.3) is 10.1 Å². The van der Waals surface area contributed by atoms with Gasteiger partial charge < -0.3 is 21.1 Å². The maximum Gasteiger partial charge on any atom is 0.294 e. The van der Waals surface area contributed by atoms with Gasteiger partial charge in [-0.3, -0.25) is 9.35 Å². The number of nitrogens with zero attached hydrogens (tertiary/aromatic N) is 3. The number of carbonyl (C=O) groups is 1. The molecule has 2 unspecified atom stereocenters. The summed E-state index contributed by atoms with van der Waals surface area (Å²) in [6.07, 6.45) is 3.31. The van der Waals surface area contributed by atoms with E-state index >= 15 is 0 Å². The molecule has 1 saturated heterocycles. The molecule has 1 fully saturated rings. The van der Waals surface area contributed by atoms with E-state index in [0.717, 1.165) is 10.9 Å². The first-order valence-corrected chi connectivity index (χ1v) is 16.2. The number of aryl methyl sites for hydroxylation is 1. The summed E-state index contributed by atoms with van der Waals surface area (Å²) >= 11 is 0. The number of hydrogen-bond donors (Lipinski definition) is 6. The highest BCUT2D eigenvalue weighted by Gasteiger charge is 2.36. The lowest BCUT2D eigenvalue weighted by molar-refractivity contribution is -0.119. The molecule has 1 amide bonds. The molecule has 244 valence electrons. The monoisotopic (exact) mass is 665 g/mol. The van der Waals surface area contributed by atoms with E-state index < -0.39 is 16.0 Å². The highest BCUT2D eigenvalue weighted by molar-refractivity contribution is 7.85. The lowest BCUT2D eigenvalue weighted by Gasteiger charge is -2.16. The van der Waals surface area contributed by atoms with Crippen molar-refractivity contribution in [2.75, 3.05) is 10.7 Å². The van der Waals surface area contributed by atoms with E-state index in [1.54, 1.807) is 54.6 Å². The van der Waals surface area contributed by atoms with Crippen molar-refractivity contribution in [2.24, 2.45) is 16.1 Å². The van der Waals surface area contributed by atoms with Gasteiger partial charge in [-0.25, -0.2) is 10.4 Å². The Kier molecular flexibility index (Phi) is 8.35. The van der Waals surface area contributed by atoms with Crippen molar-refractivity contribution in [2.45, 2.75) is 24.8 Å². The van der Waals surface area contributed by atoms with E-state index in [0.29, 0.717) is 33.5 Å². The summed E-state index contributed by atoms with van der Waals surface area (Å²) in [6, 6.07) is 21.7. The number of azo groups is 1. The van der Waals surface area contributed by atoms with Crippen molar-refractivity contribution in [1.82, 2.24) is 5.43 Å². The minimum Gasteiger partial charge on any atom is -0.507 e. The van der Waals surface area contributed by atoms with Gasteiger partial charge in [-0.15, -0.1) is 10.2 Å². The quantitative estimate of drug-likeness (QED) is 0.0619. The lowest BCUT2D eigenvalue weighted by atomic mass is 9.98. The molecule has 5 aromatic carbocycles. The minimum atomic E-state index is -4.37. The number of hydrazine groups is 1.